The minimum Gasteiger partial charge on any atom is -0.467 e. The van der Waals surface area contributed by atoms with Gasteiger partial charge in [-0.25, -0.2) is 0 Å². The van der Waals surface area contributed by atoms with Gasteiger partial charge in [0.2, 0.25) is 0 Å². The van der Waals surface area contributed by atoms with E-state index < -0.39 is 6.10 Å². The topological polar surface area (TPSA) is 62.4 Å². The van der Waals surface area contributed by atoms with Crippen molar-refractivity contribution in [1.29, 1.82) is 0 Å². The van der Waals surface area contributed by atoms with Crippen molar-refractivity contribution in [3.05, 3.63) is 34.2 Å². The molecule has 22 heavy (non-hydrogen) atoms. The minimum absolute atomic E-state index is 0.367. The second-order valence-corrected chi connectivity index (χ2v) is 7.22. The van der Waals surface area contributed by atoms with Gasteiger partial charge < -0.3 is 9.52 Å². The summed E-state index contributed by atoms with van der Waals surface area (Å²) in [7, 11) is 0. The predicted molar refractivity (Wildman–Crippen MR) is 85.6 cm³/mol. The summed E-state index contributed by atoms with van der Waals surface area (Å²) in [6, 6.07) is 4.04. The summed E-state index contributed by atoms with van der Waals surface area (Å²) >= 11 is 1.66. The number of aryl methyl sites for hydroxylation is 1. The van der Waals surface area contributed by atoms with E-state index in [2.05, 4.69) is 15.1 Å². The van der Waals surface area contributed by atoms with E-state index in [-0.39, 0.29) is 0 Å². The van der Waals surface area contributed by atoms with E-state index in [0.717, 1.165) is 29.5 Å². The lowest BCUT2D eigenvalue weighted by atomic mass is 10.0. The van der Waals surface area contributed by atoms with E-state index in [1.807, 2.05) is 19.1 Å². The summed E-state index contributed by atoms with van der Waals surface area (Å²) in [6.07, 6.45) is 6.62. The SMILES string of the molecule is Cc1nnc(CN2CCCCC[C@H]2C[C@@H](O)c2ccco2)s1. The van der Waals surface area contributed by atoms with E-state index in [1.165, 1.54) is 19.3 Å². The van der Waals surface area contributed by atoms with E-state index in [4.69, 9.17) is 4.42 Å². The Hall–Kier alpha value is -1.24. The van der Waals surface area contributed by atoms with Crippen LogP contribution in [0.15, 0.2) is 22.8 Å². The molecule has 0 spiro atoms. The molecule has 1 fully saturated rings. The fourth-order valence-electron chi connectivity index (χ4n) is 3.14. The number of aliphatic hydroxyl groups excluding tert-OH is 1. The van der Waals surface area contributed by atoms with Crippen molar-refractivity contribution in [3.63, 3.8) is 0 Å². The number of nitrogens with zero attached hydrogens (tertiary/aromatic N) is 3. The average molecular weight is 321 g/mol. The van der Waals surface area contributed by atoms with Gasteiger partial charge in [-0.3, -0.25) is 4.90 Å². The van der Waals surface area contributed by atoms with E-state index in [1.54, 1.807) is 17.6 Å². The monoisotopic (exact) mass is 321 g/mol. The first-order valence-corrected chi connectivity index (χ1v) is 8.78. The third kappa shape index (κ3) is 3.94. The summed E-state index contributed by atoms with van der Waals surface area (Å²) in [5.41, 5.74) is 0. The lowest BCUT2D eigenvalue weighted by molar-refractivity contribution is 0.0829. The van der Waals surface area contributed by atoms with Crippen LogP contribution in [-0.2, 0) is 6.54 Å². The molecule has 1 aliphatic rings. The molecule has 1 aliphatic heterocycles. The highest BCUT2D eigenvalue weighted by atomic mass is 32.1. The molecule has 5 nitrogen and oxygen atoms in total. The summed E-state index contributed by atoms with van der Waals surface area (Å²) in [6.45, 7) is 3.89. The molecule has 6 heteroatoms. The van der Waals surface area contributed by atoms with Crippen molar-refractivity contribution in [3.8, 4) is 0 Å². The van der Waals surface area contributed by atoms with Gasteiger partial charge >= 0.3 is 0 Å². The molecule has 0 radical (unpaired) electrons. The van der Waals surface area contributed by atoms with Gasteiger partial charge in [0, 0.05) is 6.04 Å². The summed E-state index contributed by atoms with van der Waals surface area (Å²) in [5, 5.41) is 20.8. The maximum absolute atomic E-state index is 10.4. The predicted octanol–water partition coefficient (Wildman–Crippen LogP) is 3.31. The quantitative estimate of drug-likeness (QED) is 0.915. The van der Waals surface area contributed by atoms with Crippen molar-refractivity contribution < 1.29 is 9.52 Å². The zero-order valence-electron chi connectivity index (χ0n) is 12.9. The second kappa shape index (κ2) is 7.35. The Kier molecular flexibility index (Phi) is 5.23. The first-order chi connectivity index (χ1) is 10.7. The van der Waals surface area contributed by atoms with Crippen LogP contribution in [0, 0.1) is 6.92 Å². The lowest BCUT2D eigenvalue weighted by Gasteiger charge is -2.30. The zero-order valence-corrected chi connectivity index (χ0v) is 13.8. The van der Waals surface area contributed by atoms with Gasteiger partial charge in [-0.15, -0.1) is 21.5 Å². The number of aliphatic hydroxyl groups is 1. The number of rotatable bonds is 5. The van der Waals surface area contributed by atoms with Crippen molar-refractivity contribution in [1.82, 2.24) is 15.1 Å². The number of aromatic nitrogens is 2. The van der Waals surface area contributed by atoms with E-state index >= 15 is 0 Å². The number of furan rings is 1. The highest BCUT2D eigenvalue weighted by Gasteiger charge is 2.26. The number of hydrogen-bond donors (Lipinski definition) is 1. The van der Waals surface area contributed by atoms with Crippen LogP contribution in [-0.4, -0.2) is 32.8 Å². The summed E-state index contributed by atoms with van der Waals surface area (Å²) in [5.74, 6) is 0.663. The van der Waals surface area contributed by atoms with E-state index in [0.29, 0.717) is 18.2 Å². The number of hydrogen-bond acceptors (Lipinski definition) is 6. The standard InChI is InChI=1S/C16H23N3O2S/c1-12-17-18-16(22-12)11-19-8-4-2-3-6-13(19)10-14(20)15-7-5-9-21-15/h5,7,9,13-14,20H,2-4,6,8,10-11H2,1H3/t13-,14+/m0/s1. The van der Waals surface area contributed by atoms with Crippen LogP contribution in [0.4, 0.5) is 0 Å². The summed E-state index contributed by atoms with van der Waals surface area (Å²) < 4.78 is 5.34. The van der Waals surface area contributed by atoms with E-state index in [9.17, 15) is 5.11 Å². The van der Waals surface area contributed by atoms with Gasteiger partial charge in [0.25, 0.3) is 0 Å². The molecule has 1 N–H and O–H groups in total. The third-order valence-electron chi connectivity index (χ3n) is 4.27. The van der Waals surface area contributed by atoms with Crippen molar-refractivity contribution in [2.24, 2.45) is 0 Å². The smallest absolute Gasteiger partial charge is 0.132 e. The zero-order chi connectivity index (χ0) is 15.4. The molecule has 0 bridgehead atoms. The Bertz CT molecular complexity index is 570. The largest absolute Gasteiger partial charge is 0.467 e. The first-order valence-electron chi connectivity index (χ1n) is 7.97. The molecule has 2 aromatic rings. The average Bonchev–Trinajstić information content (AvgIpc) is 3.12. The molecule has 1 saturated heterocycles. The molecule has 0 saturated carbocycles. The van der Waals surface area contributed by atoms with Crippen LogP contribution in [0.25, 0.3) is 0 Å². The first kappa shape index (κ1) is 15.6. The van der Waals surface area contributed by atoms with Crippen LogP contribution < -0.4 is 0 Å². The van der Waals surface area contributed by atoms with Crippen LogP contribution in [0.5, 0.6) is 0 Å². The molecule has 2 aromatic heterocycles. The summed E-state index contributed by atoms with van der Waals surface area (Å²) in [4.78, 5) is 2.46. The van der Waals surface area contributed by atoms with Crippen molar-refractivity contribution in [2.75, 3.05) is 6.54 Å². The maximum Gasteiger partial charge on any atom is 0.132 e. The molecule has 0 aliphatic carbocycles. The Labute approximate surface area is 135 Å². The Morgan fingerprint density at radius 2 is 2.32 bits per heavy atom. The van der Waals surface area contributed by atoms with Crippen molar-refractivity contribution >= 4 is 11.3 Å². The minimum atomic E-state index is -0.531. The lowest BCUT2D eigenvalue weighted by Crippen LogP contribution is -2.35. The van der Waals surface area contributed by atoms with Gasteiger partial charge in [-0.1, -0.05) is 12.8 Å². The fourth-order valence-corrected chi connectivity index (χ4v) is 3.88. The Balaban J connectivity index is 1.67. The molecule has 0 amide bonds. The van der Waals surface area contributed by atoms with Crippen LogP contribution >= 0.6 is 11.3 Å². The molecule has 120 valence electrons. The molecular formula is C16H23N3O2S. The van der Waals surface area contributed by atoms with Gasteiger partial charge in [0.05, 0.1) is 12.8 Å². The van der Waals surface area contributed by atoms with Crippen LogP contribution in [0.1, 0.15) is 54.0 Å². The van der Waals surface area contributed by atoms with Crippen LogP contribution in [0.3, 0.4) is 0 Å². The fraction of sp³-hybridized carbons (Fsp3) is 0.625. The molecule has 2 atom stereocenters. The Morgan fingerprint density at radius 3 is 3.05 bits per heavy atom. The Morgan fingerprint density at radius 1 is 1.41 bits per heavy atom. The highest BCUT2D eigenvalue weighted by molar-refractivity contribution is 7.11. The van der Waals surface area contributed by atoms with Crippen LogP contribution in [0.2, 0.25) is 0 Å². The normalized spacial score (nSPS) is 21.6. The second-order valence-electron chi connectivity index (χ2n) is 5.96. The molecule has 0 aromatic carbocycles. The van der Waals surface area contributed by atoms with Crippen molar-refractivity contribution in [2.45, 2.75) is 57.7 Å². The van der Waals surface area contributed by atoms with Gasteiger partial charge in [0.1, 0.15) is 21.9 Å². The number of likely N-dealkylation sites (tertiary alicyclic amines) is 1. The molecule has 3 rings (SSSR count). The maximum atomic E-state index is 10.4. The molecular weight excluding hydrogens is 298 g/mol. The molecule has 0 unspecified atom stereocenters. The molecule has 3 heterocycles. The highest BCUT2D eigenvalue weighted by Crippen LogP contribution is 2.28. The third-order valence-corrected chi connectivity index (χ3v) is 5.10. The van der Waals surface area contributed by atoms with Gasteiger partial charge in [0.15, 0.2) is 0 Å². The van der Waals surface area contributed by atoms with Gasteiger partial charge in [-0.2, -0.15) is 0 Å². The van der Waals surface area contributed by atoms with Gasteiger partial charge in [-0.05, 0) is 44.9 Å².